The van der Waals surface area contributed by atoms with Crippen LogP contribution in [0.3, 0.4) is 0 Å². The van der Waals surface area contributed by atoms with Crippen LogP contribution in [0, 0.1) is 5.92 Å². The summed E-state index contributed by atoms with van der Waals surface area (Å²) in [6.07, 6.45) is 10.4. The molecule has 348 valence electrons. The summed E-state index contributed by atoms with van der Waals surface area (Å²) < 4.78 is 40.7. The number of likely N-dealkylation sites (tertiary alicyclic amines) is 1. The molecular formula is C46H54F2N12O6. The standard InChI is InChI=1S/C46H54F2N12O6/c1-54-40-26(6-4-7-35(40)60(46(54)65)36-14-15-38(61)52-44(36)63)5-2-3-17-55-21-29-12-13-30(22-55)59(29)45(64)27-8-10-28(11-9-27)58-24-34(39(53-58)41(47)48)50-43(62)33-20-49-57-18-16-37(51-42(33)57)56-23-32-19-31(56)25-66-32/h4,6-7,16,18,20,24,27-32,36,41H,2-3,5,8-15,17,19,21-23,25H2,1H3,(H,50,62)(H,52,61,63)/t27-,28-,29-,30+,31-,32-,36?/m1/s1. The highest BCUT2D eigenvalue weighted by atomic mass is 19.3. The van der Waals surface area contributed by atoms with Crippen LogP contribution >= 0.6 is 0 Å². The first-order valence-corrected chi connectivity index (χ1v) is 23.5. The molecule has 11 rings (SSSR count). The van der Waals surface area contributed by atoms with Crippen molar-refractivity contribution in [2.45, 2.75) is 120 Å². The lowest BCUT2D eigenvalue weighted by Crippen LogP contribution is -2.57. The summed E-state index contributed by atoms with van der Waals surface area (Å²) in [5.74, 6) is -0.593. The van der Waals surface area contributed by atoms with Gasteiger partial charge in [-0.25, -0.2) is 23.1 Å². The van der Waals surface area contributed by atoms with Gasteiger partial charge in [0, 0.05) is 63.5 Å². The highest BCUT2D eigenvalue weighted by Gasteiger charge is 2.45. The molecule has 0 spiro atoms. The van der Waals surface area contributed by atoms with Crippen LogP contribution in [-0.4, -0.2) is 124 Å². The number of halogens is 2. The maximum absolute atomic E-state index is 14.4. The number of benzene rings is 1. The number of fused-ring (bicyclic) bond motifs is 6. The van der Waals surface area contributed by atoms with Crippen molar-refractivity contribution in [3.05, 3.63) is 70.2 Å². The molecule has 1 unspecified atom stereocenters. The van der Waals surface area contributed by atoms with E-state index in [1.165, 1.54) is 26.2 Å². The van der Waals surface area contributed by atoms with Crippen molar-refractivity contribution in [2.24, 2.45) is 13.0 Å². The number of rotatable bonds is 12. The minimum atomic E-state index is -2.91. The van der Waals surface area contributed by atoms with Gasteiger partial charge in [-0.1, -0.05) is 12.1 Å². The lowest BCUT2D eigenvalue weighted by Gasteiger charge is -2.43. The number of nitrogens with one attached hydrogen (secondary N) is 2. The second-order valence-corrected chi connectivity index (χ2v) is 19.1. The number of hydrogen-bond acceptors (Lipinski definition) is 11. The number of amides is 4. The van der Waals surface area contributed by atoms with Gasteiger partial charge < -0.3 is 19.9 Å². The molecule has 1 saturated carbocycles. The monoisotopic (exact) mass is 908 g/mol. The number of imide groups is 1. The first kappa shape index (κ1) is 42.6. The molecule has 4 amide bonds. The number of carbonyl (C=O) groups excluding carboxylic acids is 4. The second-order valence-electron chi connectivity index (χ2n) is 19.1. The van der Waals surface area contributed by atoms with Crippen molar-refractivity contribution in [3.63, 3.8) is 0 Å². The highest BCUT2D eigenvalue weighted by Crippen LogP contribution is 2.39. The first-order chi connectivity index (χ1) is 32.0. The van der Waals surface area contributed by atoms with Gasteiger partial charge in [-0.2, -0.15) is 10.2 Å². The zero-order valence-electron chi connectivity index (χ0n) is 36.9. The lowest BCUT2D eigenvalue weighted by molar-refractivity contribution is -0.143. The molecule has 6 aliphatic rings. The lowest BCUT2D eigenvalue weighted by atomic mass is 9.84. The SMILES string of the molecule is Cn1c(=O)n(C2CCC(=O)NC2=O)c2cccc(CCCCN3C[C@H]4CC[C@@H](C3)N4C(=O)[C@H]3CC[C@H](n4cc(NC(=O)c5cnn6ccc(N7C[C@H]8C[C@@H]7CO8)nc56)c(C(F)F)n4)CC3)c21. The molecule has 2 N–H and O–H groups in total. The Bertz CT molecular complexity index is 2780. The number of piperazine rings is 1. The van der Waals surface area contributed by atoms with Gasteiger partial charge in [0.25, 0.3) is 12.3 Å². The molecule has 6 fully saturated rings. The molecule has 1 aliphatic carbocycles. The predicted molar refractivity (Wildman–Crippen MR) is 236 cm³/mol. The van der Waals surface area contributed by atoms with Crippen LogP contribution in [0.4, 0.5) is 20.3 Å². The molecular weight excluding hydrogens is 855 g/mol. The van der Waals surface area contributed by atoms with Crippen LogP contribution in [0.1, 0.15) is 111 Å². The molecule has 0 radical (unpaired) electrons. The third-order valence-corrected chi connectivity index (χ3v) is 15.1. The third-order valence-electron chi connectivity index (χ3n) is 15.1. The van der Waals surface area contributed by atoms with E-state index in [1.807, 2.05) is 24.3 Å². The zero-order valence-corrected chi connectivity index (χ0v) is 36.9. The van der Waals surface area contributed by atoms with Crippen molar-refractivity contribution >= 4 is 51.8 Å². The summed E-state index contributed by atoms with van der Waals surface area (Å²) in [5, 5.41) is 13.6. The summed E-state index contributed by atoms with van der Waals surface area (Å²) in [6.45, 7) is 3.92. The Morgan fingerprint density at radius 2 is 1.74 bits per heavy atom. The van der Waals surface area contributed by atoms with E-state index in [9.17, 15) is 32.8 Å². The van der Waals surface area contributed by atoms with Crippen molar-refractivity contribution < 1.29 is 32.7 Å². The van der Waals surface area contributed by atoms with Crippen LogP contribution in [0.5, 0.6) is 0 Å². The van der Waals surface area contributed by atoms with Gasteiger partial charge in [0.2, 0.25) is 17.7 Å². The number of unbranched alkanes of at least 4 members (excludes halogenated alkanes) is 1. The number of imidazole rings is 1. The smallest absolute Gasteiger partial charge is 0.329 e. The van der Waals surface area contributed by atoms with E-state index in [-0.39, 0.29) is 71.4 Å². The van der Waals surface area contributed by atoms with Crippen LogP contribution in [0.15, 0.2) is 47.7 Å². The van der Waals surface area contributed by atoms with E-state index >= 15 is 0 Å². The van der Waals surface area contributed by atoms with Crippen molar-refractivity contribution in [2.75, 3.05) is 43.0 Å². The molecule has 1 aromatic carbocycles. The van der Waals surface area contributed by atoms with Gasteiger partial charge in [0.1, 0.15) is 17.4 Å². The maximum atomic E-state index is 14.4. The number of para-hydroxylation sites is 1. The van der Waals surface area contributed by atoms with Gasteiger partial charge in [0.05, 0.1) is 47.7 Å². The van der Waals surface area contributed by atoms with E-state index in [0.717, 1.165) is 75.8 Å². The Hall–Kier alpha value is -6.02. The fourth-order valence-electron chi connectivity index (χ4n) is 11.8. The van der Waals surface area contributed by atoms with Gasteiger partial charge in [0.15, 0.2) is 11.3 Å². The Morgan fingerprint density at radius 3 is 2.47 bits per heavy atom. The Kier molecular flexibility index (Phi) is 11.0. The van der Waals surface area contributed by atoms with E-state index in [2.05, 4.69) is 35.5 Å². The number of piperidine rings is 1. The number of carbonyl (C=O) groups is 4. The molecule has 66 heavy (non-hydrogen) atoms. The fourth-order valence-corrected chi connectivity index (χ4v) is 11.8. The van der Waals surface area contributed by atoms with E-state index in [1.54, 1.807) is 17.8 Å². The average molecular weight is 909 g/mol. The number of morpholine rings is 1. The molecule has 4 aromatic heterocycles. The number of aryl methyl sites for hydroxylation is 2. The fraction of sp³-hybridized carbons (Fsp3) is 0.565. The summed E-state index contributed by atoms with van der Waals surface area (Å²) in [5.41, 5.74) is 2.23. The Labute approximate surface area is 378 Å². The highest BCUT2D eigenvalue weighted by molar-refractivity contribution is 6.08. The molecule has 5 atom stereocenters. The number of alkyl halides is 2. The minimum Gasteiger partial charge on any atom is -0.374 e. The molecule has 4 bridgehead atoms. The van der Waals surface area contributed by atoms with E-state index < -0.39 is 30.0 Å². The van der Waals surface area contributed by atoms with Crippen molar-refractivity contribution in [3.8, 4) is 0 Å². The van der Waals surface area contributed by atoms with E-state index in [4.69, 9.17) is 9.72 Å². The van der Waals surface area contributed by atoms with Crippen molar-refractivity contribution in [1.29, 1.82) is 0 Å². The van der Waals surface area contributed by atoms with E-state index in [0.29, 0.717) is 55.7 Å². The Balaban J connectivity index is 0.678. The molecule has 9 heterocycles. The number of ether oxygens (including phenoxy) is 1. The molecule has 5 aromatic rings. The van der Waals surface area contributed by atoms with Crippen LogP contribution < -0.4 is 21.2 Å². The van der Waals surface area contributed by atoms with Crippen molar-refractivity contribution in [1.82, 2.24) is 48.6 Å². The molecule has 5 saturated heterocycles. The average Bonchev–Trinajstić information content (AvgIpc) is 4.19. The van der Waals surface area contributed by atoms with Gasteiger partial charge in [-0.3, -0.25) is 43.2 Å². The summed E-state index contributed by atoms with van der Waals surface area (Å²) in [4.78, 5) is 77.1. The largest absolute Gasteiger partial charge is 0.374 e. The van der Waals surface area contributed by atoms with Crippen LogP contribution in [0.25, 0.3) is 16.7 Å². The topological polar surface area (TPSA) is 186 Å². The van der Waals surface area contributed by atoms with Gasteiger partial charge in [-0.15, -0.1) is 0 Å². The predicted octanol–water partition coefficient (Wildman–Crippen LogP) is 4.15. The molecule has 20 heteroatoms. The molecule has 5 aliphatic heterocycles. The number of aromatic nitrogens is 7. The second kappa shape index (κ2) is 17.0. The van der Waals surface area contributed by atoms with Crippen LogP contribution in [0.2, 0.25) is 0 Å². The number of nitrogens with zero attached hydrogens (tertiary/aromatic N) is 10. The number of hydrogen-bond donors (Lipinski definition) is 2. The normalized spacial score (nSPS) is 26.6. The third kappa shape index (κ3) is 7.54. The maximum Gasteiger partial charge on any atom is 0.329 e. The summed E-state index contributed by atoms with van der Waals surface area (Å²) in [7, 11) is 1.73. The first-order valence-electron chi connectivity index (χ1n) is 23.5. The van der Waals surface area contributed by atoms with Gasteiger partial charge in [-0.05, 0) is 94.9 Å². The Morgan fingerprint density at radius 1 is 0.955 bits per heavy atom. The van der Waals surface area contributed by atoms with Crippen LogP contribution in [-0.2, 0) is 32.6 Å². The quantitative estimate of drug-likeness (QED) is 0.135. The molecule has 18 nitrogen and oxygen atoms in total. The summed E-state index contributed by atoms with van der Waals surface area (Å²) >= 11 is 0. The van der Waals surface area contributed by atoms with Gasteiger partial charge >= 0.3 is 5.69 Å². The minimum absolute atomic E-state index is 0.0572. The summed E-state index contributed by atoms with van der Waals surface area (Å²) in [6, 6.07) is 7.32. The number of anilines is 2. The zero-order chi connectivity index (χ0) is 45.4.